The predicted molar refractivity (Wildman–Crippen MR) is 559 cm³/mol. The fourth-order valence-electron chi connectivity index (χ4n) is 17.9. The molecule has 20 aromatic carbocycles. The summed E-state index contributed by atoms with van der Waals surface area (Å²) in [4.78, 5) is 0. The molecule has 0 fully saturated rings. The van der Waals surface area contributed by atoms with Gasteiger partial charge in [0, 0.05) is 79.8 Å². The first-order valence-electron chi connectivity index (χ1n) is 43.0. The summed E-state index contributed by atoms with van der Waals surface area (Å²) in [5, 5.41) is 29.3. The molecular weight excluding hydrogens is 1690 g/mol. The van der Waals surface area contributed by atoms with Crippen molar-refractivity contribution in [1.29, 1.82) is 0 Å². The highest BCUT2D eigenvalue weighted by atomic mass is 79.9. The van der Waals surface area contributed by atoms with E-state index in [4.69, 9.17) is 0 Å². The largest absolute Gasteiger partial charge is 0.488 e. The third-order valence-electron chi connectivity index (χ3n) is 24.4. The molecule has 0 bridgehead atoms. The minimum Gasteiger partial charge on any atom is -0.423 e. The van der Waals surface area contributed by atoms with Crippen LogP contribution in [-0.4, -0.2) is 17.2 Å². The third kappa shape index (κ3) is 16.3. The lowest BCUT2D eigenvalue weighted by atomic mass is 9.80. The zero-order valence-corrected chi connectivity index (χ0v) is 74.2. The Morgan fingerprint density at radius 2 is 0.297 bits per heavy atom. The Kier molecular flexibility index (Phi) is 21.7. The molecule has 2 N–H and O–H groups in total. The van der Waals surface area contributed by atoms with E-state index in [-0.39, 0.29) is 0 Å². The van der Waals surface area contributed by atoms with Gasteiger partial charge in [-0.15, -0.1) is 45.3 Å². The monoisotopic (exact) mass is 1770 g/mol. The van der Waals surface area contributed by atoms with Gasteiger partial charge in [-0.3, -0.25) is 0 Å². The van der Waals surface area contributed by atoms with Crippen molar-refractivity contribution >= 4 is 155 Å². The normalized spacial score (nSPS) is 11.4. The fourth-order valence-corrected chi connectivity index (χ4v) is 22.5. The second-order valence-corrected chi connectivity index (χ2v) is 37.8. The molecule has 128 heavy (non-hydrogen) atoms. The predicted octanol–water partition coefficient (Wildman–Crippen LogP) is 34.6. The summed E-state index contributed by atoms with van der Waals surface area (Å²) < 4.78 is 11.3. The number of rotatable bonds is 14. The van der Waals surface area contributed by atoms with Gasteiger partial charge in [0.05, 0.1) is 0 Å². The summed E-state index contributed by atoms with van der Waals surface area (Å²) in [6.45, 7) is 0. The van der Waals surface area contributed by atoms with Gasteiger partial charge >= 0.3 is 7.12 Å². The first kappa shape index (κ1) is 79.6. The lowest BCUT2D eigenvalue weighted by molar-refractivity contribution is 0.426. The van der Waals surface area contributed by atoms with Crippen LogP contribution < -0.4 is 5.46 Å². The van der Waals surface area contributed by atoms with Crippen LogP contribution in [0.15, 0.2) is 466 Å². The van der Waals surface area contributed by atoms with Crippen molar-refractivity contribution in [2.45, 2.75) is 0 Å². The summed E-state index contributed by atoms with van der Waals surface area (Å²) in [6, 6.07) is 167. The molecule has 24 aromatic rings. The summed E-state index contributed by atoms with van der Waals surface area (Å²) in [5.41, 5.74) is 32.1. The Bertz CT molecular complexity index is 7780. The van der Waals surface area contributed by atoms with Crippen molar-refractivity contribution in [2.75, 3.05) is 0 Å². The molecule has 0 aliphatic rings. The van der Waals surface area contributed by atoms with Crippen LogP contribution >= 0.6 is 61.3 Å². The minimum absolute atomic E-state index is 0.509. The fraction of sp³-hybridized carbons (Fsp3) is 0. The molecule has 2 nitrogen and oxygen atoms in total. The Hall–Kier alpha value is -14.3. The van der Waals surface area contributed by atoms with Gasteiger partial charge < -0.3 is 10.0 Å². The SMILES string of the molecule is Brc1ccc2sc3ccc(-c4cc(-c5ccccc5)cc(-c5ccccc5)c4)cc3c2c1.OB(O)c1ccc2sc3ccc(-c4cc(-c5ccccc5)cc(-c5ccccc5)c4)cc3c2c1.c1ccc(-c2cc(-c3ccccc3)cc(-c3ccc4sc5ccc(-c6ccc7sc8ccc(-c9cc(-c%10ccccc%10)cc(-c%10ccccc%10)c9)cc8c7c6)cc5c4c3)c2)cc1. The number of hydrogen-bond donors (Lipinski definition) is 2. The van der Waals surface area contributed by atoms with Crippen molar-refractivity contribution in [3.63, 3.8) is 0 Å². The first-order valence-corrected chi connectivity index (χ1v) is 47.1. The minimum atomic E-state index is -1.47. The average Bonchev–Trinajstić information content (AvgIpc) is 1.60. The van der Waals surface area contributed by atoms with Crippen molar-refractivity contribution in [3.8, 4) is 145 Å². The van der Waals surface area contributed by atoms with E-state index >= 15 is 0 Å². The van der Waals surface area contributed by atoms with Crippen LogP contribution in [0.2, 0.25) is 0 Å². The van der Waals surface area contributed by atoms with Gasteiger partial charge in [-0.1, -0.05) is 307 Å². The number of benzene rings is 20. The number of hydrogen-bond acceptors (Lipinski definition) is 6. The second kappa shape index (κ2) is 34.9. The molecule has 0 spiro atoms. The van der Waals surface area contributed by atoms with Crippen molar-refractivity contribution in [3.05, 3.63) is 466 Å². The van der Waals surface area contributed by atoms with Crippen molar-refractivity contribution in [2.24, 2.45) is 0 Å². The van der Waals surface area contributed by atoms with E-state index in [1.54, 1.807) is 17.4 Å². The van der Waals surface area contributed by atoms with Crippen molar-refractivity contribution in [1.82, 2.24) is 0 Å². The summed E-state index contributed by atoms with van der Waals surface area (Å²) in [6.07, 6.45) is 0. The second-order valence-electron chi connectivity index (χ2n) is 32.6. The molecule has 4 aromatic heterocycles. The van der Waals surface area contributed by atoms with Crippen LogP contribution in [0.5, 0.6) is 0 Å². The summed E-state index contributed by atoms with van der Waals surface area (Å²) in [7, 11) is -1.47. The van der Waals surface area contributed by atoms with E-state index in [0.717, 1.165) is 31.1 Å². The molecule has 0 unspecified atom stereocenters. The smallest absolute Gasteiger partial charge is 0.423 e. The average molecular weight is 1770 g/mol. The molecule has 0 amide bonds. The molecule has 4 heterocycles. The van der Waals surface area contributed by atoms with Gasteiger partial charge in [-0.05, 0) is 325 Å². The zero-order valence-electron chi connectivity index (χ0n) is 69.4. The molecule has 0 aliphatic carbocycles. The van der Waals surface area contributed by atoms with E-state index < -0.39 is 7.12 Å². The first-order chi connectivity index (χ1) is 63.1. The standard InChI is InChI=1S/C60H38S2.C30H21BO2S.C30H19BrS/c1-5-13-39(14-6-1)47-29-48(40-15-7-2-8-16-40)32-51(31-47)45-23-27-59-55(37-45)53-35-43(21-25-57(53)61-59)44-22-26-58-54(36-44)56-38-46(24-28-60(56)62-58)52-33-49(41-17-9-3-10-18-41)30-50(34-52)42-19-11-4-12-20-42;32-31(33)26-12-14-30-28(19-26)27-18-22(11-13-29(27)34-30)25-16-23(20-7-3-1-4-8-20)15-24(17-25)21-9-5-2-6-10-21;31-26-12-14-30-28(19-26)27-18-22(11-13-29(27)32-30)25-16-23(20-7-3-1-4-8-20)15-24(17-25)21-9-5-2-6-10-21/h1-38H;1-19,32-33H;1-19H. The lowest BCUT2D eigenvalue weighted by Crippen LogP contribution is -2.29. The van der Waals surface area contributed by atoms with Crippen LogP contribution in [-0.2, 0) is 0 Å². The van der Waals surface area contributed by atoms with E-state index in [9.17, 15) is 10.0 Å². The van der Waals surface area contributed by atoms with Gasteiger partial charge in [0.1, 0.15) is 0 Å². The molecule has 604 valence electrons. The van der Waals surface area contributed by atoms with E-state index in [0.29, 0.717) is 5.46 Å². The van der Waals surface area contributed by atoms with Gasteiger partial charge in [-0.2, -0.15) is 0 Å². The molecule has 0 saturated carbocycles. The van der Waals surface area contributed by atoms with Gasteiger partial charge in [-0.25, -0.2) is 0 Å². The number of halogens is 1. The van der Waals surface area contributed by atoms with Crippen LogP contribution in [0.3, 0.4) is 0 Å². The van der Waals surface area contributed by atoms with Crippen LogP contribution in [0.1, 0.15) is 0 Å². The number of thiophene rings is 4. The van der Waals surface area contributed by atoms with E-state index in [1.807, 2.05) is 58.3 Å². The number of fused-ring (bicyclic) bond motifs is 12. The van der Waals surface area contributed by atoms with E-state index in [1.165, 1.54) is 199 Å². The molecule has 0 atom stereocenters. The highest BCUT2D eigenvalue weighted by Crippen LogP contribution is 2.47. The van der Waals surface area contributed by atoms with Gasteiger partial charge in [0.2, 0.25) is 0 Å². The Morgan fingerprint density at radius 3 is 0.492 bits per heavy atom. The Morgan fingerprint density at radius 1 is 0.141 bits per heavy atom. The summed E-state index contributed by atoms with van der Waals surface area (Å²) >= 11 is 11.0. The highest BCUT2D eigenvalue weighted by Gasteiger charge is 2.20. The summed E-state index contributed by atoms with van der Waals surface area (Å²) in [5.74, 6) is 0. The third-order valence-corrected chi connectivity index (χ3v) is 29.5. The van der Waals surface area contributed by atoms with E-state index in [2.05, 4.69) is 447 Å². The lowest BCUT2D eigenvalue weighted by Gasteiger charge is -2.12. The Labute approximate surface area is 768 Å². The van der Waals surface area contributed by atoms with Crippen LogP contribution in [0.4, 0.5) is 0 Å². The topological polar surface area (TPSA) is 40.5 Å². The maximum atomic E-state index is 9.66. The molecule has 0 saturated heterocycles. The zero-order chi connectivity index (χ0) is 85.5. The molecule has 0 aliphatic heterocycles. The van der Waals surface area contributed by atoms with Gasteiger partial charge in [0.25, 0.3) is 0 Å². The quantitative estimate of drug-likeness (QED) is 0.107. The molecule has 8 heteroatoms. The van der Waals surface area contributed by atoms with Crippen LogP contribution in [0.25, 0.3) is 225 Å². The molecule has 24 rings (SSSR count). The molecular formula is C120H78BBrO2S4. The van der Waals surface area contributed by atoms with Crippen molar-refractivity contribution < 1.29 is 10.0 Å². The molecule has 0 radical (unpaired) electrons. The Balaban J connectivity index is 0.000000123. The maximum absolute atomic E-state index is 9.66. The highest BCUT2D eigenvalue weighted by molar-refractivity contribution is 9.10. The van der Waals surface area contributed by atoms with Crippen LogP contribution in [0, 0.1) is 0 Å². The maximum Gasteiger partial charge on any atom is 0.488 e. The van der Waals surface area contributed by atoms with Gasteiger partial charge in [0.15, 0.2) is 0 Å².